The van der Waals surface area contributed by atoms with Crippen molar-refractivity contribution in [1.29, 1.82) is 0 Å². The molecule has 0 aliphatic heterocycles. The van der Waals surface area contributed by atoms with E-state index in [4.69, 9.17) is 0 Å². The summed E-state index contributed by atoms with van der Waals surface area (Å²) < 4.78 is 26.6. The van der Waals surface area contributed by atoms with Gasteiger partial charge in [-0.15, -0.1) is 0 Å². The van der Waals surface area contributed by atoms with Crippen LogP contribution < -0.4 is 10.6 Å². The molecule has 2 unspecified atom stereocenters. The van der Waals surface area contributed by atoms with Crippen molar-refractivity contribution in [2.45, 2.75) is 31.8 Å². The highest BCUT2D eigenvalue weighted by molar-refractivity contribution is 5.94. The van der Waals surface area contributed by atoms with Gasteiger partial charge in [-0.3, -0.25) is 10.1 Å². The van der Waals surface area contributed by atoms with Gasteiger partial charge in [0.05, 0.1) is 11.7 Å². The zero-order valence-electron chi connectivity index (χ0n) is 13.4. The van der Waals surface area contributed by atoms with E-state index in [0.29, 0.717) is 5.92 Å². The summed E-state index contributed by atoms with van der Waals surface area (Å²) in [7, 11) is 0. The highest BCUT2D eigenvalue weighted by Gasteiger charge is 2.34. The first kappa shape index (κ1) is 16.6. The van der Waals surface area contributed by atoms with Gasteiger partial charge in [0.2, 0.25) is 5.91 Å². The third kappa shape index (κ3) is 3.97. The number of anilines is 1. The van der Waals surface area contributed by atoms with Crippen LogP contribution in [0.1, 0.15) is 31.4 Å². The van der Waals surface area contributed by atoms with Gasteiger partial charge in [0.25, 0.3) is 0 Å². The summed E-state index contributed by atoms with van der Waals surface area (Å²) in [6.45, 7) is 1.75. The van der Waals surface area contributed by atoms with Crippen molar-refractivity contribution >= 4 is 11.6 Å². The molecule has 1 aliphatic carbocycles. The van der Waals surface area contributed by atoms with Gasteiger partial charge in [-0.05, 0) is 43.4 Å². The zero-order valence-corrected chi connectivity index (χ0v) is 13.4. The molecule has 3 rings (SSSR count). The highest BCUT2D eigenvalue weighted by Crippen LogP contribution is 2.41. The minimum absolute atomic E-state index is 0.0160. The lowest BCUT2D eigenvalue weighted by Gasteiger charge is -2.23. The second kappa shape index (κ2) is 7.09. The fourth-order valence-electron chi connectivity index (χ4n) is 2.77. The number of nitrogens with one attached hydrogen (secondary N) is 2. The third-order valence-corrected chi connectivity index (χ3v) is 4.26. The first-order chi connectivity index (χ1) is 11.5. The molecule has 0 radical (unpaired) electrons. The number of hydrogen-bond acceptors (Lipinski definition) is 2. The molecule has 24 heavy (non-hydrogen) atoms. The van der Waals surface area contributed by atoms with Gasteiger partial charge < -0.3 is 5.32 Å². The molecular weight excluding hydrogens is 310 g/mol. The maximum Gasteiger partial charge on any atom is 0.241 e. The van der Waals surface area contributed by atoms with E-state index in [-0.39, 0.29) is 17.6 Å². The number of carbonyl (C=O) groups excluding carboxylic acids is 1. The number of benzene rings is 2. The fraction of sp³-hybridized carbons (Fsp3) is 0.316. The van der Waals surface area contributed by atoms with Crippen LogP contribution in [-0.2, 0) is 4.79 Å². The van der Waals surface area contributed by atoms with Gasteiger partial charge in [0.1, 0.15) is 11.6 Å². The van der Waals surface area contributed by atoms with Gasteiger partial charge in [-0.1, -0.05) is 30.3 Å². The maximum absolute atomic E-state index is 13.7. The quantitative estimate of drug-likeness (QED) is 0.839. The van der Waals surface area contributed by atoms with Crippen LogP contribution in [0.25, 0.3) is 0 Å². The van der Waals surface area contributed by atoms with Crippen LogP contribution in [0.3, 0.4) is 0 Å². The summed E-state index contributed by atoms with van der Waals surface area (Å²) in [5, 5.41) is 5.85. The molecule has 3 nitrogen and oxygen atoms in total. The average Bonchev–Trinajstić information content (AvgIpc) is 3.40. The van der Waals surface area contributed by atoms with Gasteiger partial charge in [-0.25, -0.2) is 8.78 Å². The number of carbonyl (C=O) groups is 1. The van der Waals surface area contributed by atoms with Crippen molar-refractivity contribution in [2.24, 2.45) is 5.92 Å². The van der Waals surface area contributed by atoms with E-state index >= 15 is 0 Å². The van der Waals surface area contributed by atoms with E-state index in [0.717, 1.165) is 30.5 Å². The summed E-state index contributed by atoms with van der Waals surface area (Å²) >= 11 is 0. The monoisotopic (exact) mass is 330 g/mol. The summed E-state index contributed by atoms with van der Waals surface area (Å²) in [5.41, 5.74) is 1.13. The van der Waals surface area contributed by atoms with Gasteiger partial charge in [-0.2, -0.15) is 0 Å². The number of amides is 1. The van der Waals surface area contributed by atoms with E-state index in [1.165, 1.54) is 6.07 Å². The molecule has 1 amide bonds. The Labute approximate surface area is 140 Å². The second-order valence-electron chi connectivity index (χ2n) is 6.23. The average molecular weight is 330 g/mol. The molecule has 2 aromatic rings. The highest BCUT2D eigenvalue weighted by atomic mass is 19.1. The standard InChI is InChI=1S/C19H20F2N2O/c1-12(19(24)23-17-10-9-15(20)11-16(17)21)22-18(14-7-8-14)13-5-3-2-4-6-13/h2-6,9-12,14,18,22H,7-8H2,1H3,(H,23,24). The van der Waals surface area contributed by atoms with Crippen LogP contribution in [0.2, 0.25) is 0 Å². The van der Waals surface area contributed by atoms with Crippen LogP contribution >= 0.6 is 0 Å². The molecule has 0 aromatic heterocycles. The minimum atomic E-state index is -0.780. The van der Waals surface area contributed by atoms with E-state index in [2.05, 4.69) is 10.6 Å². The van der Waals surface area contributed by atoms with E-state index in [1.54, 1.807) is 6.92 Å². The lowest BCUT2D eigenvalue weighted by Crippen LogP contribution is -2.41. The smallest absolute Gasteiger partial charge is 0.241 e. The Morgan fingerprint density at radius 1 is 1.12 bits per heavy atom. The van der Waals surface area contributed by atoms with Gasteiger partial charge in [0.15, 0.2) is 0 Å². The van der Waals surface area contributed by atoms with Crippen LogP contribution in [-0.4, -0.2) is 11.9 Å². The van der Waals surface area contributed by atoms with E-state index in [1.807, 2.05) is 30.3 Å². The molecule has 1 fully saturated rings. The number of rotatable bonds is 6. The van der Waals surface area contributed by atoms with Crippen LogP contribution in [0.4, 0.5) is 14.5 Å². The summed E-state index contributed by atoms with van der Waals surface area (Å²) in [5.74, 6) is -1.28. The topological polar surface area (TPSA) is 41.1 Å². The Kier molecular flexibility index (Phi) is 4.90. The molecule has 0 heterocycles. The molecule has 5 heteroatoms. The van der Waals surface area contributed by atoms with Crippen LogP contribution in [0, 0.1) is 17.6 Å². The van der Waals surface area contributed by atoms with Gasteiger partial charge in [0, 0.05) is 12.1 Å². The Morgan fingerprint density at radius 3 is 2.46 bits per heavy atom. The van der Waals surface area contributed by atoms with Gasteiger partial charge >= 0.3 is 0 Å². The lowest BCUT2D eigenvalue weighted by atomic mass is 10.0. The largest absolute Gasteiger partial charge is 0.322 e. The first-order valence-electron chi connectivity index (χ1n) is 8.11. The molecule has 1 aliphatic rings. The van der Waals surface area contributed by atoms with Crippen molar-refractivity contribution < 1.29 is 13.6 Å². The normalized spacial score (nSPS) is 16.5. The molecule has 2 aromatic carbocycles. The van der Waals surface area contributed by atoms with Crippen molar-refractivity contribution in [1.82, 2.24) is 5.32 Å². The minimum Gasteiger partial charge on any atom is -0.322 e. The zero-order chi connectivity index (χ0) is 17.1. The molecule has 0 bridgehead atoms. The predicted molar refractivity (Wildman–Crippen MR) is 89.5 cm³/mol. The Balaban J connectivity index is 1.66. The number of hydrogen-bond donors (Lipinski definition) is 2. The van der Waals surface area contributed by atoms with Crippen LogP contribution in [0.15, 0.2) is 48.5 Å². The molecule has 0 saturated heterocycles. The Morgan fingerprint density at radius 2 is 1.83 bits per heavy atom. The third-order valence-electron chi connectivity index (χ3n) is 4.26. The maximum atomic E-state index is 13.7. The fourth-order valence-corrected chi connectivity index (χ4v) is 2.77. The summed E-state index contributed by atoms with van der Waals surface area (Å²) in [6.07, 6.45) is 2.26. The number of halogens is 2. The first-order valence-corrected chi connectivity index (χ1v) is 8.11. The Bertz CT molecular complexity index is 717. The van der Waals surface area contributed by atoms with Crippen molar-refractivity contribution in [3.63, 3.8) is 0 Å². The van der Waals surface area contributed by atoms with Crippen molar-refractivity contribution in [2.75, 3.05) is 5.32 Å². The molecule has 0 spiro atoms. The SMILES string of the molecule is CC(NC(c1ccccc1)C1CC1)C(=O)Nc1ccc(F)cc1F. The van der Waals surface area contributed by atoms with Crippen molar-refractivity contribution in [3.05, 3.63) is 65.7 Å². The van der Waals surface area contributed by atoms with E-state index < -0.39 is 17.7 Å². The Hall–Kier alpha value is -2.27. The van der Waals surface area contributed by atoms with E-state index in [9.17, 15) is 13.6 Å². The molecule has 2 N–H and O–H groups in total. The molecule has 2 atom stereocenters. The second-order valence-corrected chi connectivity index (χ2v) is 6.23. The lowest BCUT2D eigenvalue weighted by molar-refractivity contribution is -0.118. The predicted octanol–water partition coefficient (Wildman–Crippen LogP) is 4.03. The van der Waals surface area contributed by atoms with Crippen LogP contribution in [0.5, 0.6) is 0 Å². The summed E-state index contributed by atoms with van der Waals surface area (Å²) in [6, 6.07) is 12.7. The molecule has 126 valence electrons. The molecule has 1 saturated carbocycles. The summed E-state index contributed by atoms with van der Waals surface area (Å²) in [4.78, 5) is 12.3. The van der Waals surface area contributed by atoms with Crippen molar-refractivity contribution in [3.8, 4) is 0 Å². The molecular formula is C19H20F2N2O.